The lowest BCUT2D eigenvalue weighted by Crippen LogP contribution is -2.25. The van der Waals surface area contributed by atoms with Gasteiger partial charge < -0.3 is 10.6 Å². The Labute approximate surface area is 96.5 Å². The van der Waals surface area contributed by atoms with Gasteiger partial charge in [0.25, 0.3) is 5.91 Å². The van der Waals surface area contributed by atoms with E-state index in [0.717, 1.165) is 12.1 Å². The molecule has 4 heteroatoms. The van der Waals surface area contributed by atoms with Gasteiger partial charge in [0.2, 0.25) is 0 Å². The van der Waals surface area contributed by atoms with E-state index in [1.54, 1.807) is 12.3 Å². The number of nitrogens with zero attached hydrogens (tertiary/aromatic N) is 1. The van der Waals surface area contributed by atoms with Gasteiger partial charge in [0.1, 0.15) is 5.69 Å². The number of carbonyl (C=O) groups is 1. The van der Waals surface area contributed by atoms with Crippen molar-refractivity contribution in [1.29, 1.82) is 0 Å². The van der Waals surface area contributed by atoms with Gasteiger partial charge in [-0.3, -0.25) is 9.78 Å². The molecule has 2 N–H and O–H groups in total. The Bertz CT molecular complexity index is 350. The van der Waals surface area contributed by atoms with Crippen LogP contribution in [-0.4, -0.2) is 23.5 Å². The number of anilines is 1. The highest BCUT2D eigenvalue weighted by Gasteiger charge is 2.06. The molecule has 1 rings (SSSR count). The predicted molar refractivity (Wildman–Crippen MR) is 65.6 cm³/mol. The fourth-order valence-corrected chi connectivity index (χ4v) is 1.31. The second-order valence-corrected chi connectivity index (χ2v) is 3.98. The Hall–Kier alpha value is -1.58. The van der Waals surface area contributed by atoms with Crippen molar-refractivity contribution in [3.63, 3.8) is 0 Å². The maximum Gasteiger partial charge on any atom is 0.269 e. The van der Waals surface area contributed by atoms with Crippen LogP contribution in [0, 0.1) is 0 Å². The second-order valence-electron chi connectivity index (χ2n) is 3.98. The smallest absolute Gasteiger partial charge is 0.269 e. The van der Waals surface area contributed by atoms with Crippen LogP contribution in [0.2, 0.25) is 0 Å². The van der Waals surface area contributed by atoms with Crippen LogP contribution >= 0.6 is 0 Å². The molecule has 88 valence electrons. The maximum atomic E-state index is 11.6. The molecule has 0 aliphatic heterocycles. The monoisotopic (exact) mass is 221 g/mol. The van der Waals surface area contributed by atoms with Gasteiger partial charge in [-0.15, -0.1) is 0 Å². The van der Waals surface area contributed by atoms with Crippen molar-refractivity contribution >= 4 is 11.6 Å². The van der Waals surface area contributed by atoms with E-state index in [4.69, 9.17) is 0 Å². The molecule has 0 saturated heterocycles. The van der Waals surface area contributed by atoms with Crippen LogP contribution in [-0.2, 0) is 0 Å². The van der Waals surface area contributed by atoms with Crippen molar-refractivity contribution in [3.05, 3.63) is 24.0 Å². The first-order chi connectivity index (χ1) is 7.63. The summed E-state index contributed by atoms with van der Waals surface area (Å²) in [7, 11) is 0. The molecule has 0 radical (unpaired) electrons. The number of carbonyl (C=O) groups excluding carboxylic acids is 1. The standard InChI is InChI=1S/C12H19N3O/c1-4-6-14-12(16)11-8-10(5-7-13-11)15-9(2)3/h5,7-9H,4,6H2,1-3H3,(H,13,15)(H,14,16). The molecular formula is C12H19N3O. The van der Waals surface area contributed by atoms with Crippen LogP contribution in [0.15, 0.2) is 18.3 Å². The van der Waals surface area contributed by atoms with Crippen LogP contribution in [0.1, 0.15) is 37.7 Å². The lowest BCUT2D eigenvalue weighted by atomic mass is 10.2. The fraction of sp³-hybridized carbons (Fsp3) is 0.500. The molecule has 0 atom stereocenters. The largest absolute Gasteiger partial charge is 0.383 e. The summed E-state index contributed by atoms with van der Waals surface area (Å²) in [4.78, 5) is 15.7. The lowest BCUT2D eigenvalue weighted by Gasteiger charge is -2.10. The molecular weight excluding hydrogens is 202 g/mol. The topological polar surface area (TPSA) is 54.0 Å². The van der Waals surface area contributed by atoms with Gasteiger partial charge >= 0.3 is 0 Å². The van der Waals surface area contributed by atoms with E-state index in [2.05, 4.69) is 29.5 Å². The average Bonchev–Trinajstić information content (AvgIpc) is 2.25. The van der Waals surface area contributed by atoms with Gasteiger partial charge in [-0.05, 0) is 32.4 Å². The molecule has 1 aromatic rings. The lowest BCUT2D eigenvalue weighted by molar-refractivity contribution is 0.0948. The molecule has 1 aromatic heterocycles. The van der Waals surface area contributed by atoms with Crippen molar-refractivity contribution < 1.29 is 4.79 Å². The number of pyridine rings is 1. The van der Waals surface area contributed by atoms with Crippen LogP contribution < -0.4 is 10.6 Å². The van der Waals surface area contributed by atoms with Crippen molar-refractivity contribution in [2.24, 2.45) is 0 Å². The second kappa shape index (κ2) is 6.10. The number of amides is 1. The number of hydrogen-bond acceptors (Lipinski definition) is 3. The Morgan fingerprint density at radius 1 is 1.50 bits per heavy atom. The maximum absolute atomic E-state index is 11.6. The summed E-state index contributed by atoms with van der Waals surface area (Å²) in [5, 5.41) is 6.04. The first-order valence-electron chi connectivity index (χ1n) is 5.64. The average molecular weight is 221 g/mol. The minimum atomic E-state index is -0.116. The Morgan fingerprint density at radius 3 is 2.88 bits per heavy atom. The molecule has 0 aliphatic rings. The van der Waals surface area contributed by atoms with Crippen LogP contribution in [0.5, 0.6) is 0 Å². The molecule has 1 amide bonds. The summed E-state index contributed by atoms with van der Waals surface area (Å²) >= 11 is 0. The van der Waals surface area contributed by atoms with Crippen molar-refractivity contribution in [1.82, 2.24) is 10.3 Å². The van der Waals surface area contributed by atoms with Gasteiger partial charge in [0, 0.05) is 24.5 Å². The summed E-state index contributed by atoms with van der Waals surface area (Å²) in [6.07, 6.45) is 2.57. The van der Waals surface area contributed by atoms with E-state index in [1.807, 2.05) is 13.0 Å². The molecule has 0 aliphatic carbocycles. The zero-order valence-corrected chi connectivity index (χ0v) is 10.1. The molecule has 0 bridgehead atoms. The Kier molecular flexibility index (Phi) is 4.76. The zero-order chi connectivity index (χ0) is 12.0. The molecule has 0 unspecified atom stereocenters. The van der Waals surface area contributed by atoms with Gasteiger partial charge in [0.15, 0.2) is 0 Å². The van der Waals surface area contributed by atoms with Gasteiger partial charge in [0.05, 0.1) is 0 Å². The SMILES string of the molecule is CCCNC(=O)c1cc(NC(C)C)ccn1. The summed E-state index contributed by atoms with van der Waals surface area (Å²) in [6, 6.07) is 3.97. The summed E-state index contributed by atoms with van der Waals surface area (Å²) in [5.74, 6) is -0.116. The highest BCUT2D eigenvalue weighted by atomic mass is 16.1. The molecule has 0 fully saturated rings. The Morgan fingerprint density at radius 2 is 2.25 bits per heavy atom. The number of hydrogen-bond donors (Lipinski definition) is 2. The molecule has 0 spiro atoms. The third kappa shape index (κ3) is 3.88. The van der Waals surface area contributed by atoms with Crippen LogP contribution in [0.3, 0.4) is 0 Å². The van der Waals surface area contributed by atoms with Gasteiger partial charge in [-0.2, -0.15) is 0 Å². The van der Waals surface area contributed by atoms with Crippen molar-refractivity contribution in [2.75, 3.05) is 11.9 Å². The predicted octanol–water partition coefficient (Wildman–Crippen LogP) is 2.04. The Balaban J connectivity index is 2.69. The van der Waals surface area contributed by atoms with Crippen molar-refractivity contribution in [2.45, 2.75) is 33.2 Å². The third-order valence-electron chi connectivity index (χ3n) is 1.98. The third-order valence-corrected chi connectivity index (χ3v) is 1.98. The zero-order valence-electron chi connectivity index (χ0n) is 10.1. The summed E-state index contributed by atoms with van der Waals surface area (Å²) in [6.45, 7) is 6.81. The molecule has 1 heterocycles. The first-order valence-corrected chi connectivity index (χ1v) is 5.64. The van der Waals surface area contributed by atoms with Crippen LogP contribution in [0.25, 0.3) is 0 Å². The molecule has 0 aromatic carbocycles. The fourth-order valence-electron chi connectivity index (χ4n) is 1.31. The van der Waals surface area contributed by atoms with E-state index in [9.17, 15) is 4.79 Å². The summed E-state index contributed by atoms with van der Waals surface area (Å²) in [5.41, 5.74) is 1.38. The highest BCUT2D eigenvalue weighted by Crippen LogP contribution is 2.09. The number of aromatic nitrogens is 1. The van der Waals surface area contributed by atoms with Gasteiger partial charge in [-0.1, -0.05) is 6.92 Å². The minimum Gasteiger partial charge on any atom is -0.383 e. The van der Waals surface area contributed by atoms with Gasteiger partial charge in [-0.25, -0.2) is 0 Å². The first kappa shape index (κ1) is 12.5. The van der Waals surface area contributed by atoms with Crippen LogP contribution in [0.4, 0.5) is 5.69 Å². The molecule has 0 saturated carbocycles. The van der Waals surface area contributed by atoms with E-state index in [0.29, 0.717) is 18.3 Å². The molecule has 16 heavy (non-hydrogen) atoms. The summed E-state index contributed by atoms with van der Waals surface area (Å²) < 4.78 is 0. The number of rotatable bonds is 5. The molecule has 4 nitrogen and oxygen atoms in total. The minimum absolute atomic E-state index is 0.116. The highest BCUT2D eigenvalue weighted by molar-refractivity contribution is 5.93. The van der Waals surface area contributed by atoms with E-state index >= 15 is 0 Å². The normalized spacial score (nSPS) is 10.2. The quantitative estimate of drug-likeness (QED) is 0.800. The van der Waals surface area contributed by atoms with Crippen molar-refractivity contribution in [3.8, 4) is 0 Å². The number of nitrogens with one attached hydrogen (secondary N) is 2. The van der Waals surface area contributed by atoms with E-state index in [1.165, 1.54) is 0 Å². The van der Waals surface area contributed by atoms with E-state index in [-0.39, 0.29) is 5.91 Å². The van der Waals surface area contributed by atoms with E-state index < -0.39 is 0 Å².